The number of ether oxygens (including phenoxy) is 1. The Kier molecular flexibility index (Phi) is 5.21. The van der Waals surface area contributed by atoms with Gasteiger partial charge in [0.05, 0.1) is 5.41 Å². The van der Waals surface area contributed by atoms with Gasteiger partial charge in [-0.05, 0) is 52.7 Å². The maximum Gasteiger partial charge on any atom is 0.316 e. The lowest BCUT2D eigenvalue weighted by Crippen LogP contribution is -2.26. The summed E-state index contributed by atoms with van der Waals surface area (Å²) in [5.41, 5.74) is 3.40. The lowest BCUT2D eigenvalue weighted by molar-refractivity contribution is -0.143. The van der Waals surface area contributed by atoms with Gasteiger partial charge in [0.1, 0.15) is 0 Å². The molecule has 0 aliphatic heterocycles. The molecular formula is C18H20Cl2N2O2. The van der Waals surface area contributed by atoms with Crippen LogP contribution in [0.3, 0.4) is 0 Å². The van der Waals surface area contributed by atoms with Crippen LogP contribution in [0.15, 0.2) is 12.1 Å². The largest absolute Gasteiger partial charge is 0.419 e. The van der Waals surface area contributed by atoms with Crippen molar-refractivity contribution in [2.24, 2.45) is 5.41 Å². The molecule has 2 rings (SSSR count). The molecule has 1 heterocycles. The van der Waals surface area contributed by atoms with Gasteiger partial charge in [0.15, 0.2) is 16.1 Å². The first-order valence-electron chi connectivity index (χ1n) is 7.54. The summed E-state index contributed by atoms with van der Waals surface area (Å²) in [6.07, 6.45) is 0. The van der Waals surface area contributed by atoms with E-state index in [0.29, 0.717) is 5.82 Å². The number of benzene rings is 1. The van der Waals surface area contributed by atoms with Crippen molar-refractivity contribution < 1.29 is 9.53 Å². The number of carbonyl (C=O) groups is 1. The molecule has 0 saturated heterocycles. The monoisotopic (exact) mass is 366 g/mol. The van der Waals surface area contributed by atoms with Crippen LogP contribution in [0, 0.1) is 26.2 Å². The molecule has 1 aromatic heterocycles. The van der Waals surface area contributed by atoms with Crippen molar-refractivity contribution >= 4 is 29.2 Å². The minimum Gasteiger partial charge on any atom is -0.419 e. The zero-order valence-electron chi connectivity index (χ0n) is 14.6. The minimum absolute atomic E-state index is 0.00979. The van der Waals surface area contributed by atoms with Gasteiger partial charge in [-0.2, -0.15) is 0 Å². The molecule has 2 aromatic rings. The van der Waals surface area contributed by atoms with Crippen LogP contribution in [0.4, 0.5) is 0 Å². The highest BCUT2D eigenvalue weighted by atomic mass is 35.5. The normalized spacial score (nSPS) is 11.5. The first-order valence-corrected chi connectivity index (χ1v) is 8.30. The van der Waals surface area contributed by atoms with Crippen LogP contribution in [-0.2, 0) is 4.79 Å². The molecule has 0 unspecified atom stereocenters. The summed E-state index contributed by atoms with van der Waals surface area (Å²) in [7, 11) is 0. The molecule has 0 saturated carbocycles. The number of aryl methyl sites for hydroxylation is 3. The van der Waals surface area contributed by atoms with Gasteiger partial charge in [0.2, 0.25) is 5.75 Å². The third-order valence-electron chi connectivity index (χ3n) is 3.49. The Morgan fingerprint density at radius 3 is 1.88 bits per heavy atom. The van der Waals surface area contributed by atoms with Gasteiger partial charge < -0.3 is 4.74 Å². The highest BCUT2D eigenvalue weighted by Crippen LogP contribution is 2.35. The average molecular weight is 367 g/mol. The van der Waals surface area contributed by atoms with Crippen molar-refractivity contribution in [2.45, 2.75) is 41.5 Å². The van der Waals surface area contributed by atoms with Crippen molar-refractivity contribution in [3.8, 4) is 17.1 Å². The molecule has 0 N–H and O–H groups in total. The van der Waals surface area contributed by atoms with E-state index in [1.807, 2.05) is 32.9 Å². The molecule has 6 heteroatoms. The number of halogens is 2. The smallest absolute Gasteiger partial charge is 0.316 e. The second-order valence-electron chi connectivity index (χ2n) is 6.87. The fraction of sp³-hybridized carbons (Fsp3) is 0.389. The average Bonchev–Trinajstić information content (AvgIpc) is 2.40. The van der Waals surface area contributed by atoms with Gasteiger partial charge in [-0.15, -0.1) is 0 Å². The minimum atomic E-state index is -0.685. The van der Waals surface area contributed by atoms with E-state index in [1.165, 1.54) is 0 Å². The Morgan fingerprint density at radius 2 is 1.46 bits per heavy atom. The fourth-order valence-corrected chi connectivity index (χ4v) is 2.84. The standard InChI is InChI=1S/C18H20Cl2N2O2/c1-9-7-10(2)12(11(3)8-9)16-21-14(19)13(15(20)22-16)24-17(23)18(4,5)6/h7-8H,1-6H3. The summed E-state index contributed by atoms with van der Waals surface area (Å²) in [5.74, 6) is -0.0506. The van der Waals surface area contributed by atoms with E-state index >= 15 is 0 Å². The molecule has 1 aromatic carbocycles. The molecule has 24 heavy (non-hydrogen) atoms. The molecular weight excluding hydrogens is 347 g/mol. The molecule has 0 aliphatic rings. The molecule has 0 spiro atoms. The van der Waals surface area contributed by atoms with E-state index < -0.39 is 11.4 Å². The Morgan fingerprint density at radius 1 is 1.00 bits per heavy atom. The number of nitrogens with zero attached hydrogens (tertiary/aromatic N) is 2. The van der Waals surface area contributed by atoms with E-state index in [4.69, 9.17) is 27.9 Å². The zero-order chi connectivity index (χ0) is 18.2. The number of hydrogen-bond acceptors (Lipinski definition) is 4. The van der Waals surface area contributed by atoms with E-state index in [2.05, 4.69) is 9.97 Å². The SMILES string of the molecule is Cc1cc(C)c(-c2nc(Cl)c(OC(=O)C(C)(C)C)c(Cl)n2)c(C)c1. The van der Waals surface area contributed by atoms with Crippen molar-refractivity contribution in [1.29, 1.82) is 0 Å². The van der Waals surface area contributed by atoms with Gasteiger partial charge in [-0.25, -0.2) is 9.97 Å². The fourth-order valence-electron chi connectivity index (χ4n) is 2.37. The summed E-state index contributed by atoms with van der Waals surface area (Å²) in [6.45, 7) is 11.2. The molecule has 0 fully saturated rings. The molecule has 4 nitrogen and oxygen atoms in total. The van der Waals surface area contributed by atoms with Crippen molar-refractivity contribution in [3.63, 3.8) is 0 Å². The topological polar surface area (TPSA) is 52.1 Å². The third kappa shape index (κ3) is 3.87. The number of hydrogen-bond donors (Lipinski definition) is 0. The maximum atomic E-state index is 12.0. The van der Waals surface area contributed by atoms with Gasteiger partial charge in [-0.3, -0.25) is 4.79 Å². The highest BCUT2D eigenvalue weighted by molar-refractivity contribution is 6.36. The van der Waals surface area contributed by atoms with Crippen LogP contribution < -0.4 is 4.74 Å². The maximum absolute atomic E-state index is 12.0. The summed E-state index contributed by atoms with van der Waals surface area (Å²) in [5, 5.41) is 0.0314. The summed E-state index contributed by atoms with van der Waals surface area (Å²) in [4.78, 5) is 20.6. The van der Waals surface area contributed by atoms with Crippen LogP contribution in [0.2, 0.25) is 10.3 Å². The molecule has 0 atom stereocenters. The lowest BCUT2D eigenvalue weighted by atomic mass is 9.97. The Bertz CT molecular complexity index is 765. The first kappa shape index (κ1) is 18.7. The van der Waals surface area contributed by atoms with E-state index in [1.54, 1.807) is 20.8 Å². The predicted octanol–water partition coefficient (Wildman–Crippen LogP) is 5.33. The third-order valence-corrected chi connectivity index (χ3v) is 4.00. The van der Waals surface area contributed by atoms with Gasteiger partial charge in [-0.1, -0.05) is 40.9 Å². The summed E-state index contributed by atoms with van der Waals surface area (Å²) < 4.78 is 5.28. The molecule has 0 amide bonds. The Labute approximate surface area is 152 Å². The zero-order valence-corrected chi connectivity index (χ0v) is 16.1. The van der Waals surface area contributed by atoms with Gasteiger partial charge in [0, 0.05) is 5.56 Å². The second-order valence-corrected chi connectivity index (χ2v) is 7.59. The molecule has 0 aliphatic carbocycles. The second kappa shape index (κ2) is 6.69. The van der Waals surface area contributed by atoms with E-state index in [9.17, 15) is 4.79 Å². The van der Waals surface area contributed by atoms with Crippen LogP contribution in [0.5, 0.6) is 5.75 Å². The molecule has 0 bridgehead atoms. The van der Waals surface area contributed by atoms with Crippen molar-refractivity contribution in [1.82, 2.24) is 9.97 Å². The lowest BCUT2D eigenvalue weighted by Gasteiger charge is -2.17. The Balaban J connectivity index is 2.50. The Hall–Kier alpha value is -1.65. The predicted molar refractivity (Wildman–Crippen MR) is 96.8 cm³/mol. The number of aromatic nitrogens is 2. The van der Waals surface area contributed by atoms with Gasteiger partial charge in [0.25, 0.3) is 0 Å². The quantitative estimate of drug-likeness (QED) is 0.532. The highest BCUT2D eigenvalue weighted by Gasteiger charge is 2.27. The molecule has 0 radical (unpaired) electrons. The first-order chi connectivity index (χ1) is 11.0. The van der Waals surface area contributed by atoms with Crippen LogP contribution in [0.1, 0.15) is 37.5 Å². The van der Waals surface area contributed by atoms with Gasteiger partial charge >= 0.3 is 5.97 Å². The van der Waals surface area contributed by atoms with Crippen molar-refractivity contribution in [2.75, 3.05) is 0 Å². The van der Waals surface area contributed by atoms with Crippen LogP contribution in [0.25, 0.3) is 11.4 Å². The molecule has 128 valence electrons. The summed E-state index contributed by atoms with van der Waals surface area (Å²) in [6, 6.07) is 4.09. The summed E-state index contributed by atoms with van der Waals surface area (Å²) >= 11 is 12.4. The van der Waals surface area contributed by atoms with Crippen LogP contribution >= 0.6 is 23.2 Å². The van der Waals surface area contributed by atoms with Crippen molar-refractivity contribution in [3.05, 3.63) is 39.1 Å². The number of rotatable bonds is 2. The van der Waals surface area contributed by atoms with E-state index in [0.717, 1.165) is 22.3 Å². The number of carbonyl (C=O) groups excluding carboxylic acids is 1. The number of esters is 1. The van der Waals surface area contributed by atoms with Crippen LogP contribution in [-0.4, -0.2) is 15.9 Å². The van der Waals surface area contributed by atoms with E-state index in [-0.39, 0.29) is 16.1 Å².